The molecular weight excluding hydrogens is 320 g/mol. The van der Waals surface area contributed by atoms with E-state index in [1.165, 1.54) is 4.90 Å². The first kappa shape index (κ1) is 16.9. The number of carbonyl (C=O) groups excluding carboxylic acids is 1. The van der Waals surface area contributed by atoms with E-state index in [1.807, 2.05) is 29.3 Å². The van der Waals surface area contributed by atoms with E-state index in [-0.39, 0.29) is 6.03 Å². The Balaban J connectivity index is 1.46. The molecule has 128 valence electrons. The Labute approximate surface area is 147 Å². The molecule has 0 saturated carbocycles. The quantitative estimate of drug-likeness (QED) is 0.816. The standard InChI is InChI=1S/C18H24N4OS/c1-14(24-16-7-3-2-4-8-16)12-21-18(23)22-11-5-6-15(13-22)17-19-9-10-20-17/h2-4,7-10,14-15H,5-6,11-13H2,1H3,(H,19,20)(H,21,23)/t14-,15+/m1/s1. The molecule has 3 rings (SSSR count). The lowest BCUT2D eigenvalue weighted by Crippen LogP contribution is -2.46. The summed E-state index contributed by atoms with van der Waals surface area (Å²) in [5.74, 6) is 1.30. The Morgan fingerprint density at radius 1 is 1.46 bits per heavy atom. The van der Waals surface area contributed by atoms with Gasteiger partial charge in [-0.25, -0.2) is 9.78 Å². The molecule has 2 aromatic rings. The Hall–Kier alpha value is -1.95. The number of benzene rings is 1. The molecule has 1 fully saturated rings. The van der Waals surface area contributed by atoms with Crippen molar-refractivity contribution in [1.29, 1.82) is 0 Å². The van der Waals surface area contributed by atoms with Gasteiger partial charge in [0.1, 0.15) is 5.82 Å². The van der Waals surface area contributed by atoms with E-state index < -0.39 is 0 Å². The second-order valence-electron chi connectivity index (χ2n) is 6.19. The zero-order chi connectivity index (χ0) is 16.8. The van der Waals surface area contributed by atoms with Crippen LogP contribution in [0.3, 0.4) is 0 Å². The molecule has 0 bridgehead atoms. The second kappa shape index (κ2) is 8.24. The Bertz CT molecular complexity index is 632. The van der Waals surface area contributed by atoms with Gasteiger partial charge in [0.15, 0.2) is 0 Å². The first-order valence-corrected chi connectivity index (χ1v) is 9.34. The van der Waals surface area contributed by atoms with Crippen molar-refractivity contribution in [3.8, 4) is 0 Å². The molecule has 0 aliphatic carbocycles. The highest BCUT2D eigenvalue weighted by Crippen LogP contribution is 2.25. The molecule has 1 aromatic heterocycles. The van der Waals surface area contributed by atoms with Crippen LogP contribution in [0.1, 0.15) is 31.5 Å². The highest BCUT2D eigenvalue weighted by Gasteiger charge is 2.26. The summed E-state index contributed by atoms with van der Waals surface area (Å²) < 4.78 is 0. The third kappa shape index (κ3) is 4.54. The molecule has 0 radical (unpaired) electrons. The second-order valence-corrected chi connectivity index (χ2v) is 7.70. The molecule has 2 amide bonds. The molecule has 0 unspecified atom stereocenters. The smallest absolute Gasteiger partial charge is 0.317 e. The number of hydrogen-bond acceptors (Lipinski definition) is 3. The molecular formula is C18H24N4OS. The Kier molecular flexibility index (Phi) is 5.80. The highest BCUT2D eigenvalue weighted by atomic mass is 32.2. The van der Waals surface area contributed by atoms with Crippen molar-refractivity contribution in [2.75, 3.05) is 19.6 Å². The number of thioether (sulfide) groups is 1. The summed E-state index contributed by atoms with van der Waals surface area (Å²) >= 11 is 1.78. The number of rotatable bonds is 5. The number of likely N-dealkylation sites (tertiary alicyclic amines) is 1. The Morgan fingerprint density at radius 2 is 2.29 bits per heavy atom. The number of aromatic amines is 1. The van der Waals surface area contributed by atoms with Crippen molar-refractivity contribution < 1.29 is 4.79 Å². The molecule has 1 saturated heterocycles. The third-order valence-corrected chi connectivity index (χ3v) is 5.35. The number of imidazole rings is 1. The largest absolute Gasteiger partial charge is 0.348 e. The lowest BCUT2D eigenvalue weighted by atomic mass is 9.98. The van der Waals surface area contributed by atoms with Crippen LogP contribution < -0.4 is 5.32 Å². The molecule has 0 spiro atoms. The van der Waals surface area contributed by atoms with Crippen molar-refractivity contribution in [2.24, 2.45) is 0 Å². The van der Waals surface area contributed by atoms with Gasteiger partial charge in [-0.2, -0.15) is 0 Å². The van der Waals surface area contributed by atoms with Crippen LogP contribution >= 0.6 is 11.8 Å². The van der Waals surface area contributed by atoms with Crippen LogP contribution in [0.25, 0.3) is 0 Å². The molecule has 1 aliphatic heterocycles. The summed E-state index contributed by atoms with van der Waals surface area (Å²) in [6, 6.07) is 10.3. The van der Waals surface area contributed by atoms with Gasteiger partial charge >= 0.3 is 6.03 Å². The maximum absolute atomic E-state index is 12.4. The van der Waals surface area contributed by atoms with Crippen LogP contribution in [0, 0.1) is 0 Å². The van der Waals surface area contributed by atoms with Crippen molar-refractivity contribution in [2.45, 2.75) is 35.8 Å². The van der Waals surface area contributed by atoms with Crippen LogP contribution in [0.2, 0.25) is 0 Å². The topological polar surface area (TPSA) is 61.0 Å². The first-order chi connectivity index (χ1) is 11.7. The monoisotopic (exact) mass is 344 g/mol. The van der Waals surface area contributed by atoms with Gasteiger partial charge in [0.05, 0.1) is 0 Å². The first-order valence-electron chi connectivity index (χ1n) is 8.46. The van der Waals surface area contributed by atoms with Crippen LogP contribution in [0.4, 0.5) is 4.79 Å². The van der Waals surface area contributed by atoms with Gasteiger partial charge in [0, 0.05) is 48.1 Å². The number of carbonyl (C=O) groups is 1. The van der Waals surface area contributed by atoms with E-state index in [2.05, 4.69) is 34.3 Å². The van der Waals surface area contributed by atoms with Gasteiger partial charge in [0.2, 0.25) is 0 Å². The predicted molar refractivity (Wildman–Crippen MR) is 97.3 cm³/mol. The van der Waals surface area contributed by atoms with Gasteiger partial charge in [-0.3, -0.25) is 0 Å². The number of nitrogens with zero attached hydrogens (tertiary/aromatic N) is 2. The molecule has 2 atom stereocenters. The van der Waals surface area contributed by atoms with Crippen LogP contribution in [-0.2, 0) is 0 Å². The fourth-order valence-electron chi connectivity index (χ4n) is 3.00. The molecule has 2 N–H and O–H groups in total. The zero-order valence-electron chi connectivity index (χ0n) is 13.9. The molecule has 24 heavy (non-hydrogen) atoms. The van der Waals surface area contributed by atoms with Gasteiger partial charge in [0.25, 0.3) is 0 Å². The highest BCUT2D eigenvalue weighted by molar-refractivity contribution is 8.00. The van der Waals surface area contributed by atoms with Gasteiger partial charge < -0.3 is 15.2 Å². The summed E-state index contributed by atoms with van der Waals surface area (Å²) in [5.41, 5.74) is 0. The third-order valence-electron chi connectivity index (χ3n) is 4.24. The van der Waals surface area contributed by atoms with Crippen LogP contribution in [0.15, 0.2) is 47.6 Å². The average molecular weight is 344 g/mol. The van der Waals surface area contributed by atoms with Gasteiger partial charge in [-0.05, 0) is 25.0 Å². The molecule has 6 heteroatoms. The SMILES string of the molecule is C[C@H](CNC(=O)N1CCC[C@H](c2ncc[nH]2)C1)Sc1ccccc1. The summed E-state index contributed by atoms with van der Waals surface area (Å²) in [6.07, 6.45) is 5.72. The number of piperidine rings is 1. The number of H-pyrrole nitrogens is 1. The summed E-state index contributed by atoms with van der Waals surface area (Å²) in [6.45, 7) is 4.36. The number of aromatic nitrogens is 2. The van der Waals surface area contributed by atoms with E-state index in [0.29, 0.717) is 17.7 Å². The minimum absolute atomic E-state index is 0.0340. The summed E-state index contributed by atoms with van der Waals surface area (Å²) in [4.78, 5) is 23.1. The minimum Gasteiger partial charge on any atom is -0.348 e. The minimum atomic E-state index is 0.0340. The molecule has 2 heterocycles. The summed E-state index contributed by atoms with van der Waals surface area (Å²) in [5, 5.41) is 3.41. The van der Waals surface area contributed by atoms with Crippen LogP contribution in [0.5, 0.6) is 0 Å². The van der Waals surface area contributed by atoms with E-state index >= 15 is 0 Å². The van der Waals surface area contributed by atoms with Crippen molar-refractivity contribution in [3.63, 3.8) is 0 Å². The predicted octanol–water partition coefficient (Wildman–Crippen LogP) is 3.48. The van der Waals surface area contributed by atoms with Crippen molar-refractivity contribution in [1.82, 2.24) is 20.2 Å². The lowest BCUT2D eigenvalue weighted by molar-refractivity contribution is 0.178. The van der Waals surface area contributed by atoms with Crippen molar-refractivity contribution >= 4 is 17.8 Å². The van der Waals surface area contributed by atoms with E-state index in [0.717, 1.165) is 31.8 Å². The summed E-state index contributed by atoms with van der Waals surface area (Å²) in [7, 11) is 0. The fourth-order valence-corrected chi connectivity index (χ4v) is 3.95. The average Bonchev–Trinajstić information content (AvgIpc) is 3.15. The number of hydrogen-bond donors (Lipinski definition) is 2. The zero-order valence-corrected chi connectivity index (χ0v) is 14.8. The lowest BCUT2D eigenvalue weighted by Gasteiger charge is -2.32. The van der Waals surface area contributed by atoms with Crippen molar-refractivity contribution in [3.05, 3.63) is 48.5 Å². The maximum Gasteiger partial charge on any atom is 0.317 e. The molecule has 1 aliphatic rings. The van der Waals surface area contributed by atoms with E-state index in [1.54, 1.807) is 18.0 Å². The van der Waals surface area contributed by atoms with Gasteiger partial charge in [-0.1, -0.05) is 25.1 Å². The van der Waals surface area contributed by atoms with E-state index in [4.69, 9.17) is 0 Å². The number of nitrogens with one attached hydrogen (secondary N) is 2. The van der Waals surface area contributed by atoms with E-state index in [9.17, 15) is 4.79 Å². The maximum atomic E-state index is 12.4. The van der Waals surface area contributed by atoms with Crippen LogP contribution in [-0.4, -0.2) is 45.8 Å². The normalized spacial score (nSPS) is 19.0. The molecule has 5 nitrogen and oxygen atoms in total. The fraction of sp³-hybridized carbons (Fsp3) is 0.444. The number of amides is 2. The number of urea groups is 1. The molecule has 1 aromatic carbocycles. The van der Waals surface area contributed by atoms with Gasteiger partial charge in [-0.15, -0.1) is 11.8 Å². The Morgan fingerprint density at radius 3 is 3.04 bits per heavy atom.